The smallest absolute Gasteiger partial charge is 0.165 e. The Morgan fingerprint density at radius 1 is 1.50 bits per heavy atom. The summed E-state index contributed by atoms with van der Waals surface area (Å²) in [4.78, 5) is 0. The second-order valence-corrected chi connectivity index (χ2v) is 3.60. The second kappa shape index (κ2) is 6.42. The fourth-order valence-electron chi connectivity index (χ4n) is 1.31. The molecule has 0 fully saturated rings. The van der Waals surface area contributed by atoms with Crippen molar-refractivity contribution in [3.8, 4) is 5.75 Å². The van der Waals surface area contributed by atoms with E-state index in [9.17, 15) is 4.39 Å². The number of rotatable bonds is 6. The summed E-state index contributed by atoms with van der Waals surface area (Å²) in [7, 11) is 1.44. The third-order valence-electron chi connectivity index (χ3n) is 2.25. The Balaban J connectivity index is 2.46. The van der Waals surface area contributed by atoms with Gasteiger partial charge in [0.25, 0.3) is 0 Å². The third-order valence-corrected chi connectivity index (χ3v) is 2.25. The number of halogens is 1. The van der Waals surface area contributed by atoms with Crippen molar-refractivity contribution in [1.82, 2.24) is 5.32 Å². The van der Waals surface area contributed by atoms with Crippen LogP contribution in [-0.4, -0.2) is 26.2 Å². The van der Waals surface area contributed by atoms with Gasteiger partial charge in [0.2, 0.25) is 0 Å². The first kappa shape index (κ1) is 12.9. The summed E-state index contributed by atoms with van der Waals surface area (Å²) in [5, 5.41) is 3.10. The zero-order chi connectivity index (χ0) is 12.0. The highest BCUT2D eigenvalue weighted by molar-refractivity contribution is 5.29. The molecule has 90 valence electrons. The van der Waals surface area contributed by atoms with Crippen molar-refractivity contribution in [2.24, 2.45) is 11.5 Å². The van der Waals surface area contributed by atoms with Gasteiger partial charge in [0.15, 0.2) is 11.6 Å². The second-order valence-electron chi connectivity index (χ2n) is 3.60. The maximum atomic E-state index is 13.3. The topological polar surface area (TPSA) is 73.3 Å². The van der Waals surface area contributed by atoms with Gasteiger partial charge >= 0.3 is 0 Å². The number of methoxy groups -OCH3 is 1. The number of hydrogen-bond acceptors (Lipinski definition) is 4. The van der Waals surface area contributed by atoms with Crippen molar-refractivity contribution in [2.75, 3.05) is 20.2 Å². The summed E-state index contributed by atoms with van der Waals surface area (Å²) in [6, 6.07) is 4.79. The van der Waals surface area contributed by atoms with Crippen LogP contribution in [0.15, 0.2) is 18.2 Å². The lowest BCUT2D eigenvalue weighted by Gasteiger charge is -2.10. The van der Waals surface area contributed by atoms with Gasteiger partial charge in [-0.25, -0.2) is 4.39 Å². The van der Waals surface area contributed by atoms with Gasteiger partial charge in [0.1, 0.15) is 0 Å². The zero-order valence-corrected chi connectivity index (χ0v) is 9.37. The van der Waals surface area contributed by atoms with Crippen LogP contribution in [-0.2, 0) is 6.54 Å². The molecule has 0 amide bonds. The Morgan fingerprint density at radius 2 is 2.25 bits per heavy atom. The predicted octanol–water partition coefficient (Wildman–Crippen LogP) is 0.210. The van der Waals surface area contributed by atoms with Gasteiger partial charge in [-0.2, -0.15) is 0 Å². The lowest BCUT2D eigenvalue weighted by Crippen LogP contribution is -2.39. The Morgan fingerprint density at radius 3 is 2.81 bits per heavy atom. The molecule has 16 heavy (non-hydrogen) atoms. The number of nitrogens with two attached hydrogens (primary N) is 2. The molecule has 0 aromatic heterocycles. The van der Waals surface area contributed by atoms with E-state index in [0.29, 0.717) is 19.6 Å². The molecule has 0 aliphatic heterocycles. The molecule has 5 N–H and O–H groups in total. The molecule has 1 rings (SSSR count). The molecule has 0 saturated carbocycles. The minimum atomic E-state index is -0.357. The maximum absolute atomic E-state index is 13.3. The molecule has 0 saturated heterocycles. The lowest BCUT2D eigenvalue weighted by atomic mass is 10.2. The molecule has 1 unspecified atom stereocenters. The molecular weight excluding hydrogens is 209 g/mol. The first-order valence-corrected chi connectivity index (χ1v) is 5.16. The van der Waals surface area contributed by atoms with E-state index in [1.807, 2.05) is 6.07 Å². The van der Waals surface area contributed by atoms with Crippen LogP contribution in [0.2, 0.25) is 0 Å². The molecular formula is C11H18FN3O. The normalized spacial score (nSPS) is 12.5. The summed E-state index contributed by atoms with van der Waals surface area (Å²) in [6.45, 7) is 1.61. The van der Waals surface area contributed by atoms with Gasteiger partial charge in [-0.15, -0.1) is 0 Å². The molecule has 5 heteroatoms. The molecule has 1 aromatic rings. The van der Waals surface area contributed by atoms with Crippen molar-refractivity contribution < 1.29 is 9.13 Å². The Bertz CT molecular complexity index is 333. The standard InChI is InChI=1S/C11H18FN3O/c1-16-11-3-2-8(4-10(11)12)6-15-7-9(14)5-13/h2-4,9,15H,5-7,13-14H2,1H3. The van der Waals surface area contributed by atoms with Crippen LogP contribution in [0.25, 0.3) is 0 Å². The summed E-state index contributed by atoms with van der Waals surface area (Å²) in [5.74, 6) is -0.104. The first-order chi connectivity index (χ1) is 7.67. The molecule has 0 aliphatic rings. The first-order valence-electron chi connectivity index (χ1n) is 5.16. The predicted molar refractivity (Wildman–Crippen MR) is 61.7 cm³/mol. The van der Waals surface area contributed by atoms with Gasteiger partial charge < -0.3 is 21.5 Å². The highest BCUT2D eigenvalue weighted by atomic mass is 19.1. The monoisotopic (exact) mass is 227 g/mol. The summed E-state index contributed by atoms with van der Waals surface area (Å²) in [6.07, 6.45) is 0. The van der Waals surface area contributed by atoms with Crippen LogP contribution in [0.5, 0.6) is 5.75 Å². The summed E-state index contributed by atoms with van der Waals surface area (Å²) in [5.41, 5.74) is 11.9. The zero-order valence-electron chi connectivity index (χ0n) is 9.37. The van der Waals surface area contributed by atoms with Crippen LogP contribution < -0.4 is 21.5 Å². The van der Waals surface area contributed by atoms with Crippen LogP contribution in [0.4, 0.5) is 4.39 Å². The van der Waals surface area contributed by atoms with Crippen molar-refractivity contribution in [3.63, 3.8) is 0 Å². The Hall–Kier alpha value is -1.17. The van der Waals surface area contributed by atoms with Crippen molar-refractivity contribution in [3.05, 3.63) is 29.6 Å². The van der Waals surface area contributed by atoms with Gasteiger partial charge in [0.05, 0.1) is 7.11 Å². The van der Waals surface area contributed by atoms with Gasteiger partial charge in [-0.1, -0.05) is 6.07 Å². The number of hydrogen-bond donors (Lipinski definition) is 3. The van der Waals surface area contributed by atoms with E-state index >= 15 is 0 Å². The molecule has 0 radical (unpaired) electrons. The Labute approximate surface area is 94.8 Å². The summed E-state index contributed by atoms with van der Waals surface area (Å²) >= 11 is 0. The number of benzene rings is 1. The molecule has 0 bridgehead atoms. The molecule has 4 nitrogen and oxygen atoms in total. The van der Waals surface area contributed by atoms with Crippen LogP contribution >= 0.6 is 0 Å². The van der Waals surface area contributed by atoms with Crippen molar-refractivity contribution in [2.45, 2.75) is 12.6 Å². The van der Waals surface area contributed by atoms with E-state index in [0.717, 1.165) is 5.56 Å². The Kier molecular flexibility index (Phi) is 5.18. The van der Waals surface area contributed by atoms with E-state index in [1.54, 1.807) is 6.07 Å². The van der Waals surface area contributed by atoms with E-state index in [1.165, 1.54) is 13.2 Å². The lowest BCUT2D eigenvalue weighted by molar-refractivity contribution is 0.386. The van der Waals surface area contributed by atoms with Gasteiger partial charge in [0, 0.05) is 25.7 Å². The fourth-order valence-corrected chi connectivity index (χ4v) is 1.31. The van der Waals surface area contributed by atoms with Gasteiger partial charge in [-0.05, 0) is 17.7 Å². The highest BCUT2D eigenvalue weighted by Gasteiger charge is 2.03. The molecule has 1 atom stereocenters. The maximum Gasteiger partial charge on any atom is 0.165 e. The quantitative estimate of drug-likeness (QED) is 0.649. The van der Waals surface area contributed by atoms with E-state index < -0.39 is 0 Å². The minimum absolute atomic E-state index is 0.0666. The molecule has 1 aromatic carbocycles. The van der Waals surface area contributed by atoms with Crippen LogP contribution in [0, 0.1) is 5.82 Å². The third kappa shape index (κ3) is 3.77. The van der Waals surface area contributed by atoms with Crippen LogP contribution in [0.1, 0.15) is 5.56 Å². The fraction of sp³-hybridized carbons (Fsp3) is 0.455. The largest absolute Gasteiger partial charge is 0.494 e. The number of ether oxygens (including phenoxy) is 1. The molecule has 0 heterocycles. The van der Waals surface area contributed by atoms with E-state index in [4.69, 9.17) is 16.2 Å². The average Bonchev–Trinajstić information content (AvgIpc) is 2.29. The molecule has 0 spiro atoms. The number of nitrogens with one attached hydrogen (secondary N) is 1. The minimum Gasteiger partial charge on any atom is -0.494 e. The molecule has 0 aliphatic carbocycles. The van der Waals surface area contributed by atoms with Crippen molar-refractivity contribution >= 4 is 0 Å². The highest BCUT2D eigenvalue weighted by Crippen LogP contribution is 2.17. The SMILES string of the molecule is COc1ccc(CNCC(N)CN)cc1F. The van der Waals surface area contributed by atoms with Crippen LogP contribution in [0.3, 0.4) is 0 Å². The summed E-state index contributed by atoms with van der Waals surface area (Å²) < 4.78 is 18.1. The van der Waals surface area contributed by atoms with Gasteiger partial charge in [-0.3, -0.25) is 0 Å². The van der Waals surface area contributed by atoms with E-state index in [2.05, 4.69) is 5.32 Å². The van der Waals surface area contributed by atoms with Crippen molar-refractivity contribution in [1.29, 1.82) is 0 Å². The van der Waals surface area contributed by atoms with E-state index in [-0.39, 0.29) is 17.6 Å². The average molecular weight is 227 g/mol.